The molecule has 0 saturated carbocycles. The molecule has 3 rings (SSSR count). The summed E-state index contributed by atoms with van der Waals surface area (Å²) in [6.07, 6.45) is -0.643. The van der Waals surface area contributed by atoms with Gasteiger partial charge >= 0.3 is 0 Å². The number of amidine groups is 1. The zero-order valence-electron chi connectivity index (χ0n) is 15.6. The van der Waals surface area contributed by atoms with Gasteiger partial charge in [-0.25, -0.2) is 26.9 Å². The van der Waals surface area contributed by atoms with E-state index in [9.17, 15) is 26.7 Å². The Hall–Kier alpha value is -2.78. The van der Waals surface area contributed by atoms with E-state index in [0.29, 0.717) is 0 Å². The molecule has 0 unspecified atom stereocenters. The third-order valence-electron chi connectivity index (χ3n) is 4.99. The van der Waals surface area contributed by atoms with Crippen LogP contribution in [0.3, 0.4) is 0 Å². The van der Waals surface area contributed by atoms with Crippen LogP contribution in [0.15, 0.2) is 33.9 Å². The average Bonchev–Trinajstić information content (AvgIpc) is 3.10. The molecule has 2 heterocycles. The molecule has 0 fully saturated rings. The van der Waals surface area contributed by atoms with Gasteiger partial charge in [-0.3, -0.25) is 9.79 Å². The Morgan fingerprint density at radius 1 is 1.28 bits per heavy atom. The van der Waals surface area contributed by atoms with Gasteiger partial charge in [-0.15, -0.1) is 0 Å². The molecule has 0 aliphatic carbocycles. The molecule has 29 heavy (non-hydrogen) atoms. The Labute approximate surface area is 162 Å². The first-order valence-electron chi connectivity index (χ1n) is 8.64. The van der Waals surface area contributed by atoms with Crippen LogP contribution in [0, 0.1) is 5.82 Å². The maximum absolute atomic E-state index is 14.8. The minimum atomic E-state index is -3.75. The molecule has 5 nitrogen and oxygen atoms in total. The normalized spacial score (nSPS) is 26.2. The molecule has 0 radical (unpaired) electrons. The fraction of sp³-hybridized carbons (Fsp3) is 0.421. The van der Waals surface area contributed by atoms with Gasteiger partial charge in [0.05, 0.1) is 6.42 Å². The molecule has 1 aliphatic heterocycles. The van der Waals surface area contributed by atoms with E-state index < -0.39 is 53.2 Å². The predicted molar refractivity (Wildman–Crippen MR) is 93.8 cm³/mol. The van der Waals surface area contributed by atoms with Crippen molar-refractivity contribution in [2.24, 2.45) is 10.7 Å². The fourth-order valence-corrected chi connectivity index (χ4v) is 3.19. The summed E-state index contributed by atoms with van der Waals surface area (Å²) in [5.74, 6) is -6.42. The topological polar surface area (TPSA) is 81.5 Å². The largest absolute Gasteiger partial charge is 0.442 e. The summed E-state index contributed by atoms with van der Waals surface area (Å²) in [5.41, 5.74) is 0.102. The Morgan fingerprint density at radius 2 is 1.97 bits per heavy atom. The molecule has 0 bridgehead atoms. The maximum atomic E-state index is 14.8. The summed E-state index contributed by atoms with van der Waals surface area (Å²) in [4.78, 5) is 19.5. The van der Waals surface area contributed by atoms with E-state index in [1.165, 1.54) is 6.07 Å². The average molecular weight is 415 g/mol. The van der Waals surface area contributed by atoms with Gasteiger partial charge in [0.2, 0.25) is 5.78 Å². The minimum absolute atomic E-state index is 0.0680. The van der Waals surface area contributed by atoms with Gasteiger partial charge in [-0.05, 0) is 31.5 Å². The van der Waals surface area contributed by atoms with Crippen LogP contribution >= 0.6 is 0 Å². The van der Waals surface area contributed by atoms with E-state index >= 15 is 0 Å². The van der Waals surface area contributed by atoms with Crippen molar-refractivity contribution in [1.82, 2.24) is 4.98 Å². The molecule has 1 aliphatic rings. The quantitative estimate of drug-likeness (QED) is 0.590. The van der Waals surface area contributed by atoms with Gasteiger partial charge in [-0.2, -0.15) is 0 Å². The number of carbonyl (C=O) groups is 1. The molecule has 2 aromatic rings. The molecule has 0 saturated heterocycles. The SMILES string of the molecule is C[C@@]1(F)CC(F)(F)[C@@](C)(c2cc(CC(=O)c3nc(CF)co3)ccc2F)N=C1N. The number of hydrogen-bond acceptors (Lipinski definition) is 5. The summed E-state index contributed by atoms with van der Waals surface area (Å²) in [5, 5.41) is 0. The summed E-state index contributed by atoms with van der Waals surface area (Å²) < 4.78 is 75.7. The number of carbonyl (C=O) groups excluding carboxylic acids is 1. The molecule has 0 spiro atoms. The van der Waals surface area contributed by atoms with E-state index in [-0.39, 0.29) is 23.6 Å². The second kappa shape index (κ2) is 6.93. The summed E-state index contributed by atoms with van der Waals surface area (Å²) in [6.45, 7) is 0.922. The molecular weight excluding hydrogens is 397 g/mol. The van der Waals surface area contributed by atoms with Crippen molar-refractivity contribution in [2.45, 2.75) is 50.5 Å². The maximum Gasteiger partial charge on any atom is 0.280 e. The lowest BCUT2D eigenvalue weighted by molar-refractivity contribution is -0.106. The van der Waals surface area contributed by atoms with Gasteiger partial charge in [0, 0.05) is 12.0 Å². The van der Waals surface area contributed by atoms with Crippen LogP contribution in [-0.4, -0.2) is 28.2 Å². The third-order valence-corrected chi connectivity index (χ3v) is 4.99. The van der Waals surface area contributed by atoms with Crippen LogP contribution in [0.5, 0.6) is 0 Å². The zero-order chi connectivity index (χ0) is 21.6. The number of halogens is 5. The van der Waals surface area contributed by atoms with Crippen molar-refractivity contribution < 1.29 is 31.2 Å². The molecule has 0 amide bonds. The number of ketones is 1. The van der Waals surface area contributed by atoms with Crippen LogP contribution in [0.4, 0.5) is 22.0 Å². The first kappa shape index (κ1) is 20.9. The number of nitrogens with zero attached hydrogens (tertiary/aromatic N) is 2. The number of aromatic nitrogens is 1. The molecule has 2 N–H and O–H groups in total. The summed E-state index contributed by atoms with van der Waals surface area (Å²) >= 11 is 0. The van der Waals surface area contributed by atoms with Crippen molar-refractivity contribution in [1.29, 1.82) is 0 Å². The van der Waals surface area contributed by atoms with E-state index in [1.807, 2.05) is 0 Å². The minimum Gasteiger partial charge on any atom is -0.442 e. The Balaban J connectivity index is 1.99. The lowest BCUT2D eigenvalue weighted by Crippen LogP contribution is -2.56. The highest BCUT2D eigenvalue weighted by molar-refractivity contribution is 5.93. The van der Waals surface area contributed by atoms with Crippen LogP contribution in [0.1, 0.15) is 47.8 Å². The Bertz CT molecular complexity index is 986. The molecular formula is C19H18F5N3O2. The van der Waals surface area contributed by atoms with Gasteiger partial charge in [-0.1, -0.05) is 6.07 Å². The van der Waals surface area contributed by atoms with E-state index in [0.717, 1.165) is 32.2 Å². The molecule has 2 atom stereocenters. The summed E-state index contributed by atoms with van der Waals surface area (Å²) in [7, 11) is 0. The first-order valence-corrected chi connectivity index (χ1v) is 8.64. The van der Waals surface area contributed by atoms with E-state index in [2.05, 4.69) is 9.98 Å². The van der Waals surface area contributed by atoms with Crippen molar-refractivity contribution in [3.8, 4) is 0 Å². The summed E-state index contributed by atoms with van der Waals surface area (Å²) in [6, 6.07) is 3.20. The van der Waals surface area contributed by atoms with Gasteiger partial charge in [0.1, 0.15) is 30.3 Å². The van der Waals surface area contributed by atoms with Gasteiger partial charge in [0.15, 0.2) is 11.2 Å². The number of oxazole rings is 1. The van der Waals surface area contributed by atoms with E-state index in [4.69, 9.17) is 10.2 Å². The number of aliphatic imine (C=N–C) groups is 1. The van der Waals surface area contributed by atoms with Crippen molar-refractivity contribution in [2.75, 3.05) is 0 Å². The van der Waals surface area contributed by atoms with Crippen molar-refractivity contribution in [3.63, 3.8) is 0 Å². The lowest BCUT2D eigenvalue weighted by Gasteiger charge is -2.42. The smallest absolute Gasteiger partial charge is 0.280 e. The second-order valence-corrected chi connectivity index (χ2v) is 7.34. The van der Waals surface area contributed by atoms with Crippen LogP contribution in [0.25, 0.3) is 0 Å². The van der Waals surface area contributed by atoms with E-state index in [1.54, 1.807) is 0 Å². The number of Topliss-reactive ketones (excluding diaryl/α,β-unsaturated/α-hetero) is 1. The van der Waals surface area contributed by atoms with Crippen molar-refractivity contribution >= 4 is 11.6 Å². The predicted octanol–water partition coefficient (Wildman–Crippen LogP) is 4.05. The van der Waals surface area contributed by atoms with Crippen LogP contribution in [-0.2, 0) is 18.6 Å². The Morgan fingerprint density at radius 3 is 2.59 bits per heavy atom. The fourth-order valence-electron chi connectivity index (χ4n) is 3.19. The lowest BCUT2D eigenvalue weighted by atomic mass is 9.77. The highest BCUT2D eigenvalue weighted by Gasteiger charge is 2.60. The van der Waals surface area contributed by atoms with Crippen LogP contribution < -0.4 is 5.73 Å². The molecule has 1 aromatic carbocycles. The van der Waals surface area contributed by atoms with Crippen LogP contribution in [0.2, 0.25) is 0 Å². The van der Waals surface area contributed by atoms with Crippen molar-refractivity contribution in [3.05, 3.63) is 53.0 Å². The first-order chi connectivity index (χ1) is 13.4. The van der Waals surface area contributed by atoms with Gasteiger partial charge < -0.3 is 10.2 Å². The number of alkyl halides is 4. The highest BCUT2D eigenvalue weighted by Crippen LogP contribution is 2.50. The number of hydrogen-bond donors (Lipinski definition) is 1. The molecule has 10 heteroatoms. The number of rotatable bonds is 5. The third kappa shape index (κ3) is 3.63. The zero-order valence-corrected chi connectivity index (χ0v) is 15.6. The number of benzene rings is 1. The Kier molecular flexibility index (Phi) is 5.00. The highest BCUT2D eigenvalue weighted by atomic mass is 19.3. The van der Waals surface area contributed by atoms with Gasteiger partial charge in [0.25, 0.3) is 11.8 Å². The standard InChI is InChI=1S/C19H18F5N3O2/c1-17(22)9-19(23,24)18(2,27-16(17)25)12-5-10(3-4-13(12)21)6-14(28)15-26-11(7-20)8-29-15/h3-5,8H,6-7,9H2,1-2H3,(H2,25,27)/t17-,18-/m1/s1. The molecule has 156 valence electrons. The molecule has 1 aromatic heterocycles. The second-order valence-electron chi connectivity index (χ2n) is 7.34. The number of nitrogens with two attached hydrogens (primary N) is 1. The monoisotopic (exact) mass is 415 g/mol.